The standard InChI is InChI=1S/C13H17N5S/c14-11-9-15-2-1-12(11)18-6-4-17(5-7-18)10-13-16-3-8-19-13/h1-3,8-9H,4-7,10,14H2. The number of hydrogen-bond acceptors (Lipinski definition) is 6. The van der Waals surface area contributed by atoms with Gasteiger partial charge in [-0.25, -0.2) is 4.98 Å². The molecular formula is C13H17N5S. The Kier molecular flexibility index (Phi) is 3.61. The number of nitrogen functional groups attached to an aromatic ring is 1. The van der Waals surface area contributed by atoms with Crippen molar-refractivity contribution in [2.75, 3.05) is 36.8 Å². The Morgan fingerprint density at radius 3 is 2.74 bits per heavy atom. The molecule has 0 unspecified atom stereocenters. The lowest BCUT2D eigenvalue weighted by Crippen LogP contribution is -2.46. The zero-order valence-electron chi connectivity index (χ0n) is 10.7. The van der Waals surface area contributed by atoms with E-state index < -0.39 is 0 Å². The molecule has 2 aromatic rings. The highest BCUT2D eigenvalue weighted by atomic mass is 32.1. The molecule has 1 aliphatic rings. The Balaban J connectivity index is 1.59. The molecule has 0 aliphatic carbocycles. The van der Waals surface area contributed by atoms with Gasteiger partial charge < -0.3 is 10.6 Å². The van der Waals surface area contributed by atoms with Gasteiger partial charge in [0.15, 0.2) is 0 Å². The third-order valence-electron chi connectivity index (χ3n) is 3.38. The highest BCUT2D eigenvalue weighted by Crippen LogP contribution is 2.23. The van der Waals surface area contributed by atoms with Gasteiger partial charge in [-0.15, -0.1) is 11.3 Å². The fraction of sp³-hybridized carbons (Fsp3) is 0.385. The van der Waals surface area contributed by atoms with Crippen LogP contribution in [0.3, 0.4) is 0 Å². The molecular weight excluding hydrogens is 258 g/mol. The maximum Gasteiger partial charge on any atom is 0.107 e. The van der Waals surface area contributed by atoms with Crippen LogP contribution in [0.25, 0.3) is 0 Å². The van der Waals surface area contributed by atoms with Gasteiger partial charge >= 0.3 is 0 Å². The van der Waals surface area contributed by atoms with Gasteiger partial charge in [-0.1, -0.05) is 0 Å². The maximum atomic E-state index is 5.97. The number of nitrogens with zero attached hydrogens (tertiary/aromatic N) is 4. The lowest BCUT2D eigenvalue weighted by molar-refractivity contribution is 0.249. The molecule has 1 aliphatic heterocycles. The molecule has 0 bridgehead atoms. The van der Waals surface area contributed by atoms with E-state index in [1.807, 2.05) is 17.6 Å². The number of pyridine rings is 1. The van der Waals surface area contributed by atoms with Crippen molar-refractivity contribution in [3.8, 4) is 0 Å². The minimum atomic E-state index is 0.760. The average Bonchev–Trinajstić information content (AvgIpc) is 2.93. The average molecular weight is 275 g/mol. The topological polar surface area (TPSA) is 58.3 Å². The second-order valence-corrected chi connectivity index (χ2v) is 5.60. The maximum absolute atomic E-state index is 5.97. The van der Waals surface area contributed by atoms with Crippen LogP contribution in [0.1, 0.15) is 5.01 Å². The van der Waals surface area contributed by atoms with Crippen molar-refractivity contribution in [2.45, 2.75) is 6.54 Å². The molecule has 0 spiro atoms. The summed E-state index contributed by atoms with van der Waals surface area (Å²) in [5.74, 6) is 0. The summed E-state index contributed by atoms with van der Waals surface area (Å²) in [6.07, 6.45) is 5.39. The number of anilines is 2. The first-order valence-electron chi connectivity index (χ1n) is 6.38. The Hall–Kier alpha value is -1.66. The van der Waals surface area contributed by atoms with Crippen LogP contribution in [0.2, 0.25) is 0 Å². The van der Waals surface area contributed by atoms with Gasteiger partial charge in [0.2, 0.25) is 0 Å². The van der Waals surface area contributed by atoms with Gasteiger partial charge in [-0.05, 0) is 6.07 Å². The molecule has 3 heterocycles. The second kappa shape index (κ2) is 5.54. The second-order valence-electron chi connectivity index (χ2n) is 4.62. The highest BCUT2D eigenvalue weighted by Gasteiger charge is 2.19. The van der Waals surface area contributed by atoms with Crippen LogP contribution in [0.4, 0.5) is 11.4 Å². The number of hydrogen-bond donors (Lipinski definition) is 1. The van der Waals surface area contributed by atoms with Gasteiger partial charge in [0.25, 0.3) is 0 Å². The summed E-state index contributed by atoms with van der Waals surface area (Å²) >= 11 is 1.72. The molecule has 0 amide bonds. The Morgan fingerprint density at radius 1 is 1.21 bits per heavy atom. The molecule has 2 aromatic heterocycles. The summed E-state index contributed by atoms with van der Waals surface area (Å²) in [7, 11) is 0. The van der Waals surface area contributed by atoms with Crippen molar-refractivity contribution in [1.29, 1.82) is 0 Å². The molecule has 0 radical (unpaired) electrons. The minimum Gasteiger partial charge on any atom is -0.396 e. The number of aromatic nitrogens is 2. The third kappa shape index (κ3) is 2.85. The number of rotatable bonds is 3. The van der Waals surface area contributed by atoms with E-state index in [0.29, 0.717) is 0 Å². The van der Waals surface area contributed by atoms with Crippen LogP contribution in [0.15, 0.2) is 30.0 Å². The van der Waals surface area contributed by atoms with E-state index in [2.05, 4.69) is 19.8 Å². The minimum absolute atomic E-state index is 0.760. The van der Waals surface area contributed by atoms with Gasteiger partial charge in [0.05, 0.1) is 24.1 Å². The Labute approximate surface area is 116 Å². The Bertz CT molecular complexity index is 520. The number of piperazine rings is 1. The van der Waals surface area contributed by atoms with Gasteiger partial charge in [-0.2, -0.15) is 0 Å². The van der Waals surface area contributed by atoms with Gasteiger partial charge in [0, 0.05) is 44.0 Å². The lowest BCUT2D eigenvalue weighted by atomic mass is 10.2. The van der Waals surface area contributed by atoms with Crippen molar-refractivity contribution < 1.29 is 0 Å². The SMILES string of the molecule is Nc1cnccc1N1CCN(Cc2nccs2)CC1. The summed E-state index contributed by atoms with van der Waals surface area (Å²) in [6.45, 7) is 5.04. The van der Waals surface area contributed by atoms with Crippen LogP contribution in [-0.4, -0.2) is 41.0 Å². The zero-order chi connectivity index (χ0) is 13.1. The fourth-order valence-electron chi connectivity index (χ4n) is 2.36. The summed E-state index contributed by atoms with van der Waals surface area (Å²) in [5.41, 5.74) is 7.83. The largest absolute Gasteiger partial charge is 0.396 e. The van der Waals surface area contributed by atoms with Crippen LogP contribution in [-0.2, 0) is 6.54 Å². The van der Waals surface area contributed by atoms with Crippen LogP contribution in [0.5, 0.6) is 0 Å². The van der Waals surface area contributed by atoms with Crippen molar-refractivity contribution in [3.63, 3.8) is 0 Å². The fourth-order valence-corrected chi connectivity index (χ4v) is 3.01. The first-order chi connectivity index (χ1) is 9.33. The van der Waals surface area contributed by atoms with Crippen molar-refractivity contribution in [3.05, 3.63) is 35.0 Å². The molecule has 5 nitrogen and oxygen atoms in total. The molecule has 0 atom stereocenters. The lowest BCUT2D eigenvalue weighted by Gasteiger charge is -2.36. The van der Waals surface area contributed by atoms with E-state index >= 15 is 0 Å². The predicted octanol–water partition coefficient (Wildman–Crippen LogP) is 1.44. The third-order valence-corrected chi connectivity index (χ3v) is 4.15. The summed E-state index contributed by atoms with van der Waals surface area (Å²) in [6, 6.07) is 1.99. The molecule has 0 saturated carbocycles. The van der Waals surface area contributed by atoms with Crippen molar-refractivity contribution in [2.24, 2.45) is 0 Å². The quantitative estimate of drug-likeness (QED) is 0.918. The molecule has 1 saturated heterocycles. The van der Waals surface area contributed by atoms with Crippen LogP contribution in [0, 0.1) is 0 Å². The van der Waals surface area contributed by atoms with E-state index in [4.69, 9.17) is 5.73 Å². The predicted molar refractivity (Wildman–Crippen MR) is 78.3 cm³/mol. The van der Waals surface area contributed by atoms with Crippen molar-refractivity contribution >= 4 is 22.7 Å². The summed E-state index contributed by atoms with van der Waals surface area (Å²) in [4.78, 5) is 13.1. The smallest absolute Gasteiger partial charge is 0.107 e. The van der Waals surface area contributed by atoms with E-state index in [0.717, 1.165) is 44.1 Å². The molecule has 6 heteroatoms. The Morgan fingerprint density at radius 2 is 2.05 bits per heavy atom. The van der Waals surface area contributed by atoms with E-state index in [-0.39, 0.29) is 0 Å². The number of thiazole rings is 1. The van der Waals surface area contributed by atoms with E-state index in [9.17, 15) is 0 Å². The van der Waals surface area contributed by atoms with Crippen LogP contribution >= 0.6 is 11.3 Å². The van der Waals surface area contributed by atoms with Gasteiger partial charge in [0.1, 0.15) is 5.01 Å². The zero-order valence-corrected chi connectivity index (χ0v) is 11.5. The molecule has 2 N–H and O–H groups in total. The summed E-state index contributed by atoms with van der Waals surface area (Å²) in [5, 5.41) is 3.22. The molecule has 3 rings (SSSR count). The normalized spacial score (nSPS) is 16.7. The van der Waals surface area contributed by atoms with E-state index in [1.165, 1.54) is 5.01 Å². The molecule has 0 aromatic carbocycles. The molecule has 100 valence electrons. The monoisotopic (exact) mass is 275 g/mol. The molecule has 19 heavy (non-hydrogen) atoms. The molecule has 1 fully saturated rings. The first kappa shape index (κ1) is 12.4. The van der Waals surface area contributed by atoms with Gasteiger partial charge in [-0.3, -0.25) is 9.88 Å². The summed E-state index contributed by atoms with van der Waals surface area (Å²) < 4.78 is 0. The number of nitrogens with two attached hydrogens (primary N) is 1. The highest BCUT2D eigenvalue weighted by molar-refractivity contribution is 7.09. The van der Waals surface area contributed by atoms with Crippen LogP contribution < -0.4 is 10.6 Å². The van der Waals surface area contributed by atoms with Crippen molar-refractivity contribution in [1.82, 2.24) is 14.9 Å². The first-order valence-corrected chi connectivity index (χ1v) is 7.26. The van der Waals surface area contributed by atoms with E-state index in [1.54, 1.807) is 23.7 Å².